The summed E-state index contributed by atoms with van der Waals surface area (Å²) < 4.78 is 5.68. The maximum absolute atomic E-state index is 5.80. The van der Waals surface area contributed by atoms with Gasteiger partial charge in [-0.1, -0.05) is 48.3 Å². The van der Waals surface area contributed by atoms with Crippen LogP contribution in [-0.4, -0.2) is 9.97 Å². The summed E-state index contributed by atoms with van der Waals surface area (Å²) in [5.41, 5.74) is 1.14. The van der Waals surface area contributed by atoms with E-state index in [4.69, 9.17) is 27.9 Å². The highest BCUT2D eigenvalue weighted by molar-refractivity contribution is 6.33. The molecule has 0 bridgehead atoms. The van der Waals surface area contributed by atoms with Gasteiger partial charge < -0.3 is 4.74 Å². The number of nitrogens with zero attached hydrogens (tertiary/aromatic N) is 2. The first-order valence-corrected chi connectivity index (χ1v) is 6.34. The number of hydrogen-bond acceptors (Lipinski definition) is 3. The van der Waals surface area contributed by atoms with E-state index in [-0.39, 0.29) is 6.61 Å². The molecule has 18 heavy (non-hydrogen) atoms. The van der Waals surface area contributed by atoms with Crippen molar-refractivity contribution in [2.24, 2.45) is 0 Å². The second kappa shape index (κ2) is 6.03. The standard InChI is InChI=1S/C13H12Cl2N2O/c1-2-9-5-3-4-6-10(9)18-8-13-16-11(14)7-12(15)17-13/h3-7H,2,8H2,1H3. The van der Waals surface area contributed by atoms with Crippen LogP contribution in [0.4, 0.5) is 0 Å². The summed E-state index contributed by atoms with van der Waals surface area (Å²) in [6.45, 7) is 2.33. The molecule has 0 fully saturated rings. The molecule has 0 radical (unpaired) electrons. The number of rotatable bonds is 4. The largest absolute Gasteiger partial charge is 0.485 e. The zero-order chi connectivity index (χ0) is 13.0. The van der Waals surface area contributed by atoms with Crippen molar-refractivity contribution in [2.75, 3.05) is 0 Å². The number of hydrogen-bond donors (Lipinski definition) is 0. The molecule has 94 valence electrons. The van der Waals surface area contributed by atoms with Crippen molar-refractivity contribution in [3.05, 3.63) is 52.0 Å². The van der Waals surface area contributed by atoms with E-state index >= 15 is 0 Å². The van der Waals surface area contributed by atoms with Crippen molar-refractivity contribution >= 4 is 23.2 Å². The molecule has 1 aromatic heterocycles. The Balaban J connectivity index is 2.11. The third-order valence-electron chi connectivity index (χ3n) is 2.42. The fourth-order valence-corrected chi connectivity index (χ4v) is 2.04. The molecule has 0 atom stereocenters. The quantitative estimate of drug-likeness (QED) is 0.797. The molecule has 0 unspecified atom stereocenters. The van der Waals surface area contributed by atoms with Crippen LogP contribution in [0.15, 0.2) is 30.3 Å². The van der Waals surface area contributed by atoms with Crippen LogP contribution in [-0.2, 0) is 13.0 Å². The second-order valence-electron chi connectivity index (χ2n) is 3.68. The number of aromatic nitrogens is 2. The Morgan fingerprint density at radius 3 is 2.44 bits per heavy atom. The van der Waals surface area contributed by atoms with Crippen LogP contribution in [0.1, 0.15) is 18.3 Å². The van der Waals surface area contributed by atoms with Gasteiger partial charge in [-0.05, 0) is 18.1 Å². The zero-order valence-corrected chi connectivity index (χ0v) is 11.4. The summed E-state index contributed by atoms with van der Waals surface area (Å²) in [6.07, 6.45) is 0.910. The van der Waals surface area contributed by atoms with Gasteiger partial charge in [0.2, 0.25) is 0 Å². The number of benzene rings is 1. The highest BCUT2D eigenvalue weighted by atomic mass is 35.5. The molecule has 0 saturated heterocycles. The Morgan fingerprint density at radius 2 is 1.78 bits per heavy atom. The van der Waals surface area contributed by atoms with Crippen LogP contribution in [0.25, 0.3) is 0 Å². The van der Waals surface area contributed by atoms with E-state index in [2.05, 4.69) is 16.9 Å². The molecule has 1 heterocycles. The Hall–Kier alpha value is -1.32. The molecular formula is C13H12Cl2N2O. The molecule has 5 heteroatoms. The van der Waals surface area contributed by atoms with E-state index in [1.807, 2.05) is 24.3 Å². The average molecular weight is 283 g/mol. The van der Waals surface area contributed by atoms with E-state index in [9.17, 15) is 0 Å². The Labute approximate surface area is 116 Å². The van der Waals surface area contributed by atoms with Gasteiger partial charge in [0, 0.05) is 6.07 Å². The first kappa shape index (κ1) is 13.1. The van der Waals surface area contributed by atoms with Crippen molar-refractivity contribution in [1.29, 1.82) is 0 Å². The van der Waals surface area contributed by atoms with E-state index in [0.29, 0.717) is 16.1 Å². The lowest BCUT2D eigenvalue weighted by Gasteiger charge is -2.09. The van der Waals surface area contributed by atoms with E-state index < -0.39 is 0 Å². The third-order valence-corrected chi connectivity index (χ3v) is 2.81. The molecule has 2 aromatic rings. The number of halogens is 2. The summed E-state index contributed by atoms with van der Waals surface area (Å²) in [5, 5.41) is 0.634. The minimum absolute atomic E-state index is 0.247. The van der Waals surface area contributed by atoms with Crippen LogP contribution < -0.4 is 4.74 Å². The van der Waals surface area contributed by atoms with Gasteiger partial charge in [-0.3, -0.25) is 0 Å². The summed E-state index contributed by atoms with van der Waals surface area (Å²) in [7, 11) is 0. The maximum Gasteiger partial charge on any atom is 0.169 e. The highest BCUT2D eigenvalue weighted by Crippen LogP contribution is 2.20. The summed E-state index contributed by atoms with van der Waals surface area (Å²) in [4.78, 5) is 8.10. The number of ether oxygens (including phenoxy) is 1. The molecular weight excluding hydrogens is 271 g/mol. The molecule has 0 spiro atoms. The first-order valence-electron chi connectivity index (χ1n) is 5.58. The predicted molar refractivity (Wildman–Crippen MR) is 72.2 cm³/mol. The molecule has 0 amide bonds. The predicted octanol–water partition coefficient (Wildman–Crippen LogP) is 3.92. The monoisotopic (exact) mass is 282 g/mol. The number of aryl methyl sites for hydroxylation is 1. The van der Waals surface area contributed by atoms with Crippen molar-refractivity contribution < 1.29 is 4.74 Å². The molecule has 2 rings (SSSR count). The van der Waals surface area contributed by atoms with Gasteiger partial charge in [0.05, 0.1) is 0 Å². The average Bonchev–Trinajstić information content (AvgIpc) is 2.35. The normalized spacial score (nSPS) is 10.4. The van der Waals surface area contributed by atoms with Crippen molar-refractivity contribution in [3.63, 3.8) is 0 Å². The maximum atomic E-state index is 5.80. The third kappa shape index (κ3) is 3.34. The molecule has 0 N–H and O–H groups in total. The molecule has 1 aromatic carbocycles. The van der Waals surface area contributed by atoms with Crippen LogP contribution in [0.5, 0.6) is 5.75 Å². The molecule has 0 aliphatic carbocycles. The topological polar surface area (TPSA) is 35.0 Å². The fraction of sp³-hybridized carbons (Fsp3) is 0.231. The van der Waals surface area contributed by atoms with Gasteiger partial charge >= 0.3 is 0 Å². The van der Waals surface area contributed by atoms with Gasteiger partial charge in [0.25, 0.3) is 0 Å². The van der Waals surface area contributed by atoms with Crippen LogP contribution >= 0.6 is 23.2 Å². The Bertz CT molecular complexity index is 526. The van der Waals surface area contributed by atoms with Gasteiger partial charge in [-0.15, -0.1) is 0 Å². The number of para-hydroxylation sites is 1. The van der Waals surface area contributed by atoms with E-state index in [1.165, 1.54) is 6.07 Å². The van der Waals surface area contributed by atoms with Crippen LogP contribution in [0.3, 0.4) is 0 Å². The molecule has 0 aliphatic heterocycles. The molecule has 3 nitrogen and oxygen atoms in total. The Morgan fingerprint density at radius 1 is 1.11 bits per heavy atom. The fourth-order valence-electron chi connectivity index (χ4n) is 1.58. The van der Waals surface area contributed by atoms with Crippen LogP contribution in [0, 0.1) is 0 Å². The van der Waals surface area contributed by atoms with Crippen molar-refractivity contribution in [1.82, 2.24) is 9.97 Å². The molecule has 0 aliphatic rings. The summed E-state index contributed by atoms with van der Waals surface area (Å²) in [5.74, 6) is 1.30. The second-order valence-corrected chi connectivity index (χ2v) is 4.45. The highest BCUT2D eigenvalue weighted by Gasteiger charge is 2.05. The first-order chi connectivity index (χ1) is 8.69. The van der Waals surface area contributed by atoms with Gasteiger partial charge in [0.15, 0.2) is 5.82 Å². The van der Waals surface area contributed by atoms with Crippen molar-refractivity contribution in [2.45, 2.75) is 20.0 Å². The van der Waals surface area contributed by atoms with Gasteiger partial charge in [0.1, 0.15) is 22.7 Å². The lowest BCUT2D eigenvalue weighted by Crippen LogP contribution is -2.03. The minimum atomic E-state index is 0.247. The summed E-state index contributed by atoms with van der Waals surface area (Å²) in [6, 6.07) is 9.36. The zero-order valence-electron chi connectivity index (χ0n) is 9.86. The molecule has 0 saturated carbocycles. The van der Waals surface area contributed by atoms with Gasteiger partial charge in [-0.25, -0.2) is 9.97 Å². The lowest BCUT2D eigenvalue weighted by molar-refractivity contribution is 0.293. The van der Waals surface area contributed by atoms with E-state index in [1.54, 1.807) is 0 Å². The minimum Gasteiger partial charge on any atom is -0.485 e. The summed E-state index contributed by atoms with van der Waals surface area (Å²) >= 11 is 11.6. The smallest absolute Gasteiger partial charge is 0.169 e. The van der Waals surface area contributed by atoms with E-state index in [0.717, 1.165) is 17.7 Å². The SMILES string of the molecule is CCc1ccccc1OCc1nc(Cl)cc(Cl)n1. The van der Waals surface area contributed by atoms with Crippen molar-refractivity contribution in [3.8, 4) is 5.75 Å². The lowest BCUT2D eigenvalue weighted by atomic mass is 10.1. The van der Waals surface area contributed by atoms with Gasteiger partial charge in [-0.2, -0.15) is 0 Å². The Kier molecular flexibility index (Phi) is 4.39. The van der Waals surface area contributed by atoms with Crippen LogP contribution in [0.2, 0.25) is 10.3 Å².